The predicted octanol–water partition coefficient (Wildman–Crippen LogP) is 1.06. The summed E-state index contributed by atoms with van der Waals surface area (Å²) in [4.78, 5) is 25.7. The average Bonchev–Trinajstić information content (AvgIpc) is 2.58. The minimum Gasteiger partial charge on any atom is -0.295 e. The van der Waals surface area contributed by atoms with E-state index < -0.39 is 6.04 Å². The third-order valence-electron chi connectivity index (χ3n) is 3.82. The molecule has 0 radical (unpaired) electrons. The highest BCUT2D eigenvalue weighted by Crippen LogP contribution is 2.26. The molecule has 1 aliphatic heterocycles. The SMILES string of the molecule is C#CCNC1CC(=O)N(C2CCCCCC2)C1=O. The zero-order chi connectivity index (χ0) is 13.0. The summed E-state index contributed by atoms with van der Waals surface area (Å²) in [5.74, 6) is 2.32. The van der Waals surface area contributed by atoms with E-state index in [0.29, 0.717) is 6.54 Å². The number of nitrogens with zero attached hydrogens (tertiary/aromatic N) is 1. The van der Waals surface area contributed by atoms with Gasteiger partial charge in [0.1, 0.15) is 0 Å². The lowest BCUT2D eigenvalue weighted by molar-refractivity contribution is -0.141. The Morgan fingerprint density at radius 3 is 2.50 bits per heavy atom. The van der Waals surface area contributed by atoms with Crippen LogP contribution in [0.4, 0.5) is 0 Å². The Bertz CT molecular complexity index is 364. The lowest BCUT2D eigenvalue weighted by Gasteiger charge is -2.25. The highest BCUT2D eigenvalue weighted by atomic mass is 16.2. The molecule has 2 fully saturated rings. The molecule has 2 aliphatic rings. The first kappa shape index (κ1) is 13.1. The van der Waals surface area contributed by atoms with Gasteiger partial charge < -0.3 is 0 Å². The first-order valence-electron chi connectivity index (χ1n) is 6.77. The summed E-state index contributed by atoms with van der Waals surface area (Å²) in [5.41, 5.74) is 0. The molecule has 2 amide bonds. The summed E-state index contributed by atoms with van der Waals surface area (Å²) in [6.45, 7) is 0.336. The van der Waals surface area contributed by atoms with Crippen molar-refractivity contribution in [2.24, 2.45) is 0 Å². The van der Waals surface area contributed by atoms with E-state index in [9.17, 15) is 9.59 Å². The monoisotopic (exact) mass is 248 g/mol. The maximum Gasteiger partial charge on any atom is 0.247 e. The van der Waals surface area contributed by atoms with Crippen LogP contribution < -0.4 is 5.32 Å². The lowest BCUT2D eigenvalue weighted by atomic mass is 10.1. The number of terminal acetylenes is 1. The Morgan fingerprint density at radius 1 is 1.22 bits per heavy atom. The van der Waals surface area contributed by atoms with Crippen LogP contribution in [0.25, 0.3) is 0 Å². The van der Waals surface area contributed by atoms with Crippen LogP contribution in [0, 0.1) is 12.3 Å². The molecule has 2 rings (SSSR count). The quantitative estimate of drug-likeness (QED) is 0.461. The molecular formula is C14H20N2O2. The number of hydrogen-bond donors (Lipinski definition) is 1. The molecule has 1 aliphatic carbocycles. The van der Waals surface area contributed by atoms with E-state index >= 15 is 0 Å². The van der Waals surface area contributed by atoms with Crippen LogP contribution in [0.3, 0.4) is 0 Å². The lowest BCUT2D eigenvalue weighted by Crippen LogP contribution is -2.44. The van der Waals surface area contributed by atoms with Gasteiger partial charge in [-0.3, -0.25) is 19.8 Å². The van der Waals surface area contributed by atoms with Crippen molar-refractivity contribution >= 4 is 11.8 Å². The van der Waals surface area contributed by atoms with Crippen LogP contribution >= 0.6 is 0 Å². The van der Waals surface area contributed by atoms with Crippen LogP contribution in [0.15, 0.2) is 0 Å². The van der Waals surface area contributed by atoms with Gasteiger partial charge in [-0.05, 0) is 12.8 Å². The number of imide groups is 1. The van der Waals surface area contributed by atoms with Crippen LogP contribution in [0.2, 0.25) is 0 Å². The second-order valence-electron chi connectivity index (χ2n) is 5.09. The van der Waals surface area contributed by atoms with E-state index in [2.05, 4.69) is 11.2 Å². The average molecular weight is 248 g/mol. The van der Waals surface area contributed by atoms with Crippen molar-refractivity contribution in [3.63, 3.8) is 0 Å². The van der Waals surface area contributed by atoms with Crippen molar-refractivity contribution in [3.05, 3.63) is 0 Å². The number of likely N-dealkylation sites (tertiary alicyclic amines) is 1. The van der Waals surface area contributed by atoms with Gasteiger partial charge in [-0.2, -0.15) is 0 Å². The molecule has 0 aromatic carbocycles. The minimum absolute atomic E-state index is 0.0404. The fraction of sp³-hybridized carbons (Fsp3) is 0.714. The van der Waals surface area contributed by atoms with Gasteiger partial charge in [0.15, 0.2) is 0 Å². The van der Waals surface area contributed by atoms with Crippen LogP contribution in [0.5, 0.6) is 0 Å². The fourth-order valence-corrected chi connectivity index (χ4v) is 2.89. The molecule has 0 aromatic rings. The summed E-state index contributed by atoms with van der Waals surface area (Å²) < 4.78 is 0. The molecule has 1 N–H and O–H groups in total. The van der Waals surface area contributed by atoms with Gasteiger partial charge in [-0.25, -0.2) is 0 Å². The van der Waals surface area contributed by atoms with E-state index in [1.165, 1.54) is 17.7 Å². The number of nitrogens with one attached hydrogen (secondary N) is 1. The third-order valence-corrected chi connectivity index (χ3v) is 3.82. The Hall–Kier alpha value is -1.34. The maximum absolute atomic E-state index is 12.2. The topological polar surface area (TPSA) is 49.4 Å². The highest BCUT2D eigenvalue weighted by molar-refractivity contribution is 6.05. The van der Waals surface area contributed by atoms with E-state index in [1.54, 1.807) is 0 Å². The molecule has 0 aromatic heterocycles. The van der Waals surface area contributed by atoms with Gasteiger partial charge in [0.25, 0.3) is 0 Å². The number of amides is 2. The van der Waals surface area contributed by atoms with Crippen molar-refractivity contribution < 1.29 is 9.59 Å². The molecule has 1 unspecified atom stereocenters. The highest BCUT2D eigenvalue weighted by Gasteiger charge is 2.41. The summed E-state index contributed by atoms with van der Waals surface area (Å²) in [6, 6.07) is -0.290. The molecule has 4 nitrogen and oxygen atoms in total. The van der Waals surface area contributed by atoms with E-state index in [1.807, 2.05) is 0 Å². The van der Waals surface area contributed by atoms with Crippen molar-refractivity contribution in [1.82, 2.24) is 10.2 Å². The van der Waals surface area contributed by atoms with Gasteiger partial charge in [-0.15, -0.1) is 6.42 Å². The molecule has 0 bridgehead atoms. The van der Waals surface area contributed by atoms with Crippen LogP contribution in [-0.4, -0.2) is 35.3 Å². The number of rotatable bonds is 3. The van der Waals surface area contributed by atoms with Gasteiger partial charge >= 0.3 is 0 Å². The number of hydrogen-bond acceptors (Lipinski definition) is 3. The fourth-order valence-electron chi connectivity index (χ4n) is 2.89. The second-order valence-corrected chi connectivity index (χ2v) is 5.09. The van der Waals surface area contributed by atoms with Gasteiger partial charge in [0, 0.05) is 6.04 Å². The van der Waals surface area contributed by atoms with E-state index in [-0.39, 0.29) is 24.3 Å². The summed E-state index contributed by atoms with van der Waals surface area (Å²) in [5, 5.41) is 2.95. The maximum atomic E-state index is 12.2. The number of carbonyl (C=O) groups excluding carboxylic acids is 2. The normalized spacial score (nSPS) is 26.2. The predicted molar refractivity (Wildman–Crippen MR) is 68.6 cm³/mol. The Labute approximate surface area is 108 Å². The third kappa shape index (κ3) is 2.73. The van der Waals surface area contributed by atoms with Crippen LogP contribution in [0.1, 0.15) is 44.9 Å². The van der Waals surface area contributed by atoms with E-state index in [0.717, 1.165) is 25.7 Å². The summed E-state index contributed by atoms with van der Waals surface area (Å²) in [6.07, 6.45) is 12.0. The van der Waals surface area contributed by atoms with Crippen molar-refractivity contribution in [1.29, 1.82) is 0 Å². The zero-order valence-electron chi connectivity index (χ0n) is 10.7. The summed E-state index contributed by atoms with van der Waals surface area (Å²) in [7, 11) is 0. The zero-order valence-corrected chi connectivity index (χ0v) is 10.7. The van der Waals surface area contributed by atoms with E-state index in [4.69, 9.17) is 6.42 Å². The molecule has 4 heteroatoms. The van der Waals surface area contributed by atoms with Crippen molar-refractivity contribution in [2.45, 2.75) is 57.0 Å². The second kappa shape index (κ2) is 6.01. The van der Waals surface area contributed by atoms with Crippen molar-refractivity contribution in [3.8, 4) is 12.3 Å². The smallest absolute Gasteiger partial charge is 0.247 e. The van der Waals surface area contributed by atoms with Crippen molar-refractivity contribution in [2.75, 3.05) is 6.54 Å². The Kier molecular flexibility index (Phi) is 4.38. The first-order chi connectivity index (χ1) is 8.74. The molecule has 1 heterocycles. The summed E-state index contributed by atoms with van der Waals surface area (Å²) >= 11 is 0. The van der Waals surface area contributed by atoms with Crippen LogP contribution in [-0.2, 0) is 9.59 Å². The number of carbonyl (C=O) groups is 2. The molecule has 1 atom stereocenters. The first-order valence-corrected chi connectivity index (χ1v) is 6.77. The largest absolute Gasteiger partial charge is 0.295 e. The molecule has 1 saturated heterocycles. The molecule has 1 saturated carbocycles. The molecule has 18 heavy (non-hydrogen) atoms. The molecule has 0 spiro atoms. The van der Waals surface area contributed by atoms with Gasteiger partial charge in [-0.1, -0.05) is 31.6 Å². The Balaban J connectivity index is 2.01. The van der Waals surface area contributed by atoms with Gasteiger partial charge in [0.2, 0.25) is 11.8 Å². The van der Waals surface area contributed by atoms with Gasteiger partial charge in [0.05, 0.1) is 19.0 Å². The standard InChI is InChI=1S/C14H20N2O2/c1-2-9-15-12-10-13(17)16(14(12)18)11-7-5-3-4-6-8-11/h1,11-12,15H,3-10H2. The molecular weight excluding hydrogens is 228 g/mol. The minimum atomic E-state index is -0.406. The Morgan fingerprint density at radius 2 is 1.89 bits per heavy atom. The molecule has 98 valence electrons.